The third kappa shape index (κ3) is 2.02. The van der Waals surface area contributed by atoms with Crippen LogP contribution in [0.2, 0.25) is 5.02 Å². The molecule has 0 atom stereocenters. The van der Waals surface area contributed by atoms with Crippen LogP contribution in [0.1, 0.15) is 12.6 Å². The normalized spacial score (nSPS) is 10.9. The van der Waals surface area contributed by atoms with Crippen LogP contribution in [-0.4, -0.2) is 19.3 Å². The van der Waals surface area contributed by atoms with Gasteiger partial charge in [0, 0.05) is 24.5 Å². The molecule has 0 amide bonds. The summed E-state index contributed by atoms with van der Waals surface area (Å²) in [5.74, 6) is 1.57. The van der Waals surface area contributed by atoms with E-state index in [2.05, 4.69) is 10.1 Å². The molecular formula is C15H15ClN4. The first kappa shape index (κ1) is 12.9. The van der Waals surface area contributed by atoms with Crippen molar-refractivity contribution in [2.75, 3.05) is 0 Å². The molecule has 2 aromatic heterocycles. The molecule has 3 aromatic rings. The van der Waals surface area contributed by atoms with Crippen molar-refractivity contribution in [1.82, 2.24) is 19.3 Å². The molecule has 0 aliphatic carbocycles. The molecule has 0 aliphatic heterocycles. The van der Waals surface area contributed by atoms with Gasteiger partial charge in [0.15, 0.2) is 5.82 Å². The predicted molar refractivity (Wildman–Crippen MR) is 80.2 cm³/mol. The van der Waals surface area contributed by atoms with Crippen LogP contribution in [-0.2, 0) is 6.54 Å². The molecule has 0 fully saturated rings. The van der Waals surface area contributed by atoms with E-state index in [1.54, 1.807) is 6.20 Å². The standard InChI is InChI=1S/C15H15ClN4/c1-3-20-11(2)13(16)15(18-20)19-10-9-17-14(19)12-7-5-4-6-8-12/h4-10H,3H2,1-2H3. The van der Waals surface area contributed by atoms with Crippen molar-refractivity contribution in [3.63, 3.8) is 0 Å². The molecule has 0 bridgehead atoms. The zero-order chi connectivity index (χ0) is 14.1. The van der Waals surface area contributed by atoms with Crippen LogP contribution in [0.15, 0.2) is 42.7 Å². The summed E-state index contributed by atoms with van der Waals surface area (Å²) in [5.41, 5.74) is 2.01. The average Bonchev–Trinajstić information content (AvgIpc) is 3.06. The largest absolute Gasteiger partial charge is 0.281 e. The van der Waals surface area contributed by atoms with Crippen molar-refractivity contribution in [2.24, 2.45) is 0 Å². The van der Waals surface area contributed by atoms with Crippen LogP contribution in [0.25, 0.3) is 17.2 Å². The molecule has 5 heteroatoms. The van der Waals surface area contributed by atoms with E-state index in [0.29, 0.717) is 5.02 Å². The minimum absolute atomic E-state index is 0.669. The fraction of sp³-hybridized carbons (Fsp3) is 0.200. The maximum absolute atomic E-state index is 6.41. The molecule has 0 N–H and O–H groups in total. The maximum atomic E-state index is 6.41. The van der Waals surface area contributed by atoms with Gasteiger partial charge < -0.3 is 0 Å². The third-order valence-corrected chi connectivity index (χ3v) is 3.76. The Kier molecular flexibility index (Phi) is 3.32. The lowest BCUT2D eigenvalue weighted by atomic mass is 10.2. The van der Waals surface area contributed by atoms with Gasteiger partial charge in [-0.3, -0.25) is 9.25 Å². The van der Waals surface area contributed by atoms with Gasteiger partial charge in [-0.2, -0.15) is 5.10 Å². The van der Waals surface area contributed by atoms with Gasteiger partial charge in [-0.1, -0.05) is 41.9 Å². The van der Waals surface area contributed by atoms with Crippen molar-refractivity contribution < 1.29 is 0 Å². The van der Waals surface area contributed by atoms with E-state index in [4.69, 9.17) is 11.6 Å². The third-order valence-electron chi connectivity index (χ3n) is 3.32. The summed E-state index contributed by atoms with van der Waals surface area (Å²) in [6.07, 6.45) is 3.65. The first-order valence-electron chi connectivity index (χ1n) is 6.54. The Morgan fingerprint density at radius 2 is 1.95 bits per heavy atom. The quantitative estimate of drug-likeness (QED) is 0.736. The highest BCUT2D eigenvalue weighted by atomic mass is 35.5. The Labute approximate surface area is 122 Å². The molecule has 0 saturated heterocycles. The van der Waals surface area contributed by atoms with E-state index in [1.165, 1.54) is 0 Å². The van der Waals surface area contributed by atoms with E-state index in [9.17, 15) is 0 Å². The van der Waals surface area contributed by atoms with Crippen LogP contribution in [0.3, 0.4) is 0 Å². The summed E-state index contributed by atoms with van der Waals surface area (Å²) in [5, 5.41) is 5.23. The SMILES string of the molecule is CCn1nc(-n2ccnc2-c2ccccc2)c(Cl)c1C. The van der Waals surface area contributed by atoms with Gasteiger partial charge in [-0.25, -0.2) is 4.98 Å². The fourth-order valence-electron chi connectivity index (χ4n) is 2.25. The molecule has 0 aliphatic rings. The van der Waals surface area contributed by atoms with Crippen molar-refractivity contribution in [2.45, 2.75) is 20.4 Å². The summed E-state index contributed by atoms with van der Waals surface area (Å²) in [4.78, 5) is 4.42. The van der Waals surface area contributed by atoms with Gasteiger partial charge in [0.1, 0.15) is 10.8 Å². The van der Waals surface area contributed by atoms with Crippen molar-refractivity contribution in [3.8, 4) is 17.2 Å². The molecule has 0 spiro atoms. The van der Waals surface area contributed by atoms with Gasteiger partial charge in [0.25, 0.3) is 0 Å². The summed E-state index contributed by atoms with van der Waals surface area (Å²) < 4.78 is 3.82. The number of hydrogen-bond donors (Lipinski definition) is 0. The summed E-state index contributed by atoms with van der Waals surface area (Å²) >= 11 is 6.41. The molecule has 20 heavy (non-hydrogen) atoms. The summed E-state index contributed by atoms with van der Waals surface area (Å²) in [6.45, 7) is 4.81. The van der Waals surface area contributed by atoms with Crippen LogP contribution >= 0.6 is 11.6 Å². The van der Waals surface area contributed by atoms with Gasteiger partial charge in [-0.05, 0) is 13.8 Å². The maximum Gasteiger partial charge on any atom is 0.179 e. The topological polar surface area (TPSA) is 35.6 Å². The molecule has 4 nitrogen and oxygen atoms in total. The average molecular weight is 287 g/mol. The second-order valence-electron chi connectivity index (χ2n) is 4.53. The number of aryl methyl sites for hydroxylation is 1. The number of imidazole rings is 1. The first-order chi connectivity index (χ1) is 9.72. The Balaban J connectivity index is 2.16. The zero-order valence-electron chi connectivity index (χ0n) is 11.4. The van der Waals surface area contributed by atoms with Gasteiger partial charge in [0.2, 0.25) is 0 Å². The monoisotopic (exact) mass is 286 g/mol. The van der Waals surface area contributed by atoms with Crippen molar-refractivity contribution in [1.29, 1.82) is 0 Å². The molecule has 1 aromatic carbocycles. The number of hydrogen-bond acceptors (Lipinski definition) is 2. The molecule has 2 heterocycles. The Morgan fingerprint density at radius 1 is 1.20 bits per heavy atom. The van der Waals surface area contributed by atoms with E-state index in [0.717, 1.165) is 29.4 Å². The predicted octanol–water partition coefficient (Wildman–Crippen LogP) is 3.72. The molecule has 3 rings (SSSR count). The Hall–Kier alpha value is -2.07. The summed E-state index contributed by atoms with van der Waals surface area (Å²) in [7, 11) is 0. The highest BCUT2D eigenvalue weighted by Gasteiger charge is 2.16. The van der Waals surface area contributed by atoms with E-state index in [1.807, 2.05) is 59.6 Å². The Morgan fingerprint density at radius 3 is 2.60 bits per heavy atom. The molecule has 0 saturated carbocycles. The van der Waals surface area contributed by atoms with E-state index in [-0.39, 0.29) is 0 Å². The molecule has 102 valence electrons. The fourth-order valence-corrected chi connectivity index (χ4v) is 2.47. The molecule has 0 radical (unpaired) electrons. The van der Waals surface area contributed by atoms with Crippen LogP contribution in [0.5, 0.6) is 0 Å². The molecular weight excluding hydrogens is 272 g/mol. The molecule has 0 unspecified atom stereocenters. The van der Waals surface area contributed by atoms with E-state index >= 15 is 0 Å². The number of halogens is 1. The van der Waals surface area contributed by atoms with Crippen molar-refractivity contribution >= 4 is 11.6 Å². The zero-order valence-corrected chi connectivity index (χ0v) is 12.2. The van der Waals surface area contributed by atoms with Crippen LogP contribution in [0.4, 0.5) is 0 Å². The first-order valence-corrected chi connectivity index (χ1v) is 6.92. The van der Waals surface area contributed by atoms with E-state index < -0.39 is 0 Å². The van der Waals surface area contributed by atoms with Gasteiger partial charge >= 0.3 is 0 Å². The number of benzene rings is 1. The van der Waals surface area contributed by atoms with Crippen LogP contribution < -0.4 is 0 Å². The number of rotatable bonds is 3. The van der Waals surface area contributed by atoms with Gasteiger partial charge in [-0.15, -0.1) is 0 Å². The highest BCUT2D eigenvalue weighted by molar-refractivity contribution is 6.32. The second kappa shape index (κ2) is 5.13. The second-order valence-corrected chi connectivity index (χ2v) is 4.90. The highest BCUT2D eigenvalue weighted by Crippen LogP contribution is 2.27. The smallest absolute Gasteiger partial charge is 0.179 e. The van der Waals surface area contributed by atoms with Crippen LogP contribution in [0, 0.1) is 6.92 Å². The lowest BCUT2D eigenvalue weighted by molar-refractivity contribution is 0.634. The number of aromatic nitrogens is 4. The lowest BCUT2D eigenvalue weighted by Gasteiger charge is -2.05. The minimum Gasteiger partial charge on any atom is -0.281 e. The van der Waals surface area contributed by atoms with Crippen molar-refractivity contribution in [3.05, 3.63) is 53.4 Å². The Bertz CT molecular complexity index is 728. The lowest BCUT2D eigenvalue weighted by Crippen LogP contribution is -2.01. The minimum atomic E-state index is 0.669. The number of nitrogens with zero attached hydrogens (tertiary/aromatic N) is 4. The summed E-state index contributed by atoms with van der Waals surface area (Å²) in [6, 6.07) is 10.0. The van der Waals surface area contributed by atoms with Gasteiger partial charge in [0.05, 0.1) is 5.69 Å².